The number of rotatable bonds is 7. The minimum atomic E-state index is -0.936. The van der Waals surface area contributed by atoms with Gasteiger partial charge in [0.25, 0.3) is 0 Å². The monoisotopic (exact) mass is 510 g/mol. The number of carbonyl (C=O) groups is 2. The SMILES string of the molecule is Cc1ncn(C)c1-c1ccc(NC(=O)[C@@H](NC(=O)OC(C)(C)C)C(c2ccccc2)c2ccccc2)cc1. The first-order valence-corrected chi connectivity index (χ1v) is 12.6. The number of nitrogens with zero attached hydrogens (tertiary/aromatic N) is 2. The van der Waals surface area contributed by atoms with Crippen LogP contribution in [-0.4, -0.2) is 33.2 Å². The van der Waals surface area contributed by atoms with Gasteiger partial charge in [-0.3, -0.25) is 4.79 Å². The smallest absolute Gasteiger partial charge is 0.408 e. The van der Waals surface area contributed by atoms with Crippen molar-refractivity contribution >= 4 is 17.7 Å². The third-order valence-corrected chi connectivity index (χ3v) is 6.15. The lowest BCUT2D eigenvalue weighted by Gasteiger charge is -2.29. The Morgan fingerprint density at radius 3 is 1.89 bits per heavy atom. The minimum Gasteiger partial charge on any atom is -0.444 e. The van der Waals surface area contributed by atoms with Crippen LogP contribution in [0.15, 0.2) is 91.3 Å². The third kappa shape index (κ3) is 6.48. The maximum absolute atomic E-state index is 13.8. The summed E-state index contributed by atoms with van der Waals surface area (Å²) in [6.07, 6.45) is 1.12. The van der Waals surface area contributed by atoms with Crippen molar-refractivity contribution in [2.75, 3.05) is 5.32 Å². The predicted molar refractivity (Wildman–Crippen MR) is 150 cm³/mol. The summed E-state index contributed by atoms with van der Waals surface area (Å²) in [5.41, 5.74) is 4.65. The molecule has 2 N–H and O–H groups in total. The highest BCUT2D eigenvalue weighted by atomic mass is 16.6. The molecule has 196 valence electrons. The van der Waals surface area contributed by atoms with Crippen LogP contribution in [-0.2, 0) is 16.6 Å². The average Bonchev–Trinajstić information content (AvgIpc) is 3.22. The summed E-state index contributed by atoms with van der Waals surface area (Å²) in [5, 5.41) is 5.85. The number of hydrogen-bond donors (Lipinski definition) is 2. The molecule has 0 bridgehead atoms. The summed E-state index contributed by atoms with van der Waals surface area (Å²) < 4.78 is 7.50. The quantitative estimate of drug-likeness (QED) is 0.317. The lowest BCUT2D eigenvalue weighted by molar-refractivity contribution is -0.118. The number of benzene rings is 3. The number of nitrogens with one attached hydrogen (secondary N) is 2. The lowest BCUT2D eigenvalue weighted by atomic mass is 9.84. The molecule has 7 nitrogen and oxygen atoms in total. The molecular formula is C31H34N4O3. The lowest BCUT2D eigenvalue weighted by Crippen LogP contribution is -2.49. The fraction of sp³-hybridized carbons (Fsp3) is 0.258. The van der Waals surface area contributed by atoms with E-state index in [9.17, 15) is 9.59 Å². The van der Waals surface area contributed by atoms with E-state index in [0.29, 0.717) is 5.69 Å². The van der Waals surface area contributed by atoms with Gasteiger partial charge < -0.3 is 19.9 Å². The Hall–Kier alpha value is -4.39. The van der Waals surface area contributed by atoms with Crippen molar-refractivity contribution in [3.05, 3.63) is 108 Å². The molecular weight excluding hydrogens is 476 g/mol. The van der Waals surface area contributed by atoms with Gasteiger partial charge in [-0.2, -0.15) is 0 Å². The summed E-state index contributed by atoms with van der Waals surface area (Å²) in [6, 6.07) is 26.0. The van der Waals surface area contributed by atoms with E-state index >= 15 is 0 Å². The maximum atomic E-state index is 13.8. The number of amides is 2. The van der Waals surface area contributed by atoms with E-state index in [-0.39, 0.29) is 5.91 Å². The zero-order valence-electron chi connectivity index (χ0n) is 22.4. The molecule has 0 aliphatic rings. The number of anilines is 1. The van der Waals surface area contributed by atoms with Crippen LogP contribution in [0.1, 0.15) is 43.5 Å². The summed E-state index contributed by atoms with van der Waals surface area (Å²) in [5.74, 6) is -0.792. The fourth-order valence-electron chi connectivity index (χ4n) is 4.52. The number of aryl methyl sites for hydroxylation is 2. The Morgan fingerprint density at radius 1 is 0.868 bits per heavy atom. The first kappa shape index (κ1) is 26.7. The summed E-state index contributed by atoms with van der Waals surface area (Å²) in [6.45, 7) is 7.34. The van der Waals surface area contributed by atoms with E-state index in [1.807, 2.05) is 103 Å². The second-order valence-electron chi connectivity index (χ2n) is 10.3. The molecule has 1 heterocycles. The minimum absolute atomic E-state index is 0.349. The van der Waals surface area contributed by atoms with Crippen molar-refractivity contribution in [1.82, 2.24) is 14.9 Å². The van der Waals surface area contributed by atoms with E-state index in [0.717, 1.165) is 28.1 Å². The number of ether oxygens (including phenoxy) is 1. The third-order valence-electron chi connectivity index (χ3n) is 6.15. The van der Waals surface area contributed by atoms with Gasteiger partial charge in [0, 0.05) is 24.2 Å². The van der Waals surface area contributed by atoms with Gasteiger partial charge in [0.05, 0.1) is 17.7 Å². The molecule has 0 aliphatic heterocycles. The van der Waals surface area contributed by atoms with Gasteiger partial charge in [-0.25, -0.2) is 9.78 Å². The molecule has 0 spiro atoms. The number of hydrogen-bond acceptors (Lipinski definition) is 4. The average molecular weight is 511 g/mol. The van der Waals surface area contributed by atoms with Gasteiger partial charge in [0.15, 0.2) is 0 Å². The van der Waals surface area contributed by atoms with Gasteiger partial charge in [0.1, 0.15) is 11.6 Å². The molecule has 4 rings (SSSR count). The first-order valence-electron chi connectivity index (χ1n) is 12.6. The first-order chi connectivity index (χ1) is 18.1. The van der Waals surface area contributed by atoms with Crippen molar-refractivity contribution in [1.29, 1.82) is 0 Å². The van der Waals surface area contributed by atoms with E-state index in [1.165, 1.54) is 0 Å². The Balaban J connectivity index is 1.67. The van der Waals surface area contributed by atoms with Crippen LogP contribution >= 0.6 is 0 Å². The molecule has 0 saturated heterocycles. The van der Waals surface area contributed by atoms with Crippen LogP contribution in [0.4, 0.5) is 10.5 Å². The topological polar surface area (TPSA) is 85.3 Å². The van der Waals surface area contributed by atoms with Crippen molar-refractivity contribution in [2.24, 2.45) is 7.05 Å². The van der Waals surface area contributed by atoms with Crippen molar-refractivity contribution in [3.8, 4) is 11.3 Å². The highest BCUT2D eigenvalue weighted by Gasteiger charge is 2.34. The molecule has 0 saturated carbocycles. The van der Waals surface area contributed by atoms with Crippen LogP contribution in [0.2, 0.25) is 0 Å². The Kier molecular flexibility index (Phi) is 7.96. The normalized spacial score (nSPS) is 12.2. The Labute approximate surface area is 223 Å². The summed E-state index contributed by atoms with van der Waals surface area (Å²) in [4.78, 5) is 31.1. The highest BCUT2D eigenvalue weighted by molar-refractivity contribution is 5.98. The van der Waals surface area contributed by atoms with Crippen LogP contribution in [0, 0.1) is 6.92 Å². The summed E-state index contributed by atoms with van der Waals surface area (Å²) in [7, 11) is 1.95. The number of carbonyl (C=O) groups excluding carboxylic acids is 2. The van der Waals surface area contributed by atoms with Crippen molar-refractivity contribution in [3.63, 3.8) is 0 Å². The Bertz CT molecular complexity index is 1320. The second kappa shape index (κ2) is 11.3. The molecule has 0 aliphatic carbocycles. The fourth-order valence-corrected chi connectivity index (χ4v) is 4.52. The zero-order chi connectivity index (χ0) is 27.3. The zero-order valence-corrected chi connectivity index (χ0v) is 22.4. The van der Waals surface area contributed by atoms with E-state index in [4.69, 9.17) is 4.74 Å². The van der Waals surface area contributed by atoms with Gasteiger partial charge in [-0.1, -0.05) is 72.8 Å². The molecule has 2 amide bonds. The van der Waals surface area contributed by atoms with Crippen LogP contribution in [0.3, 0.4) is 0 Å². The number of imidazole rings is 1. The number of alkyl carbamates (subject to hydrolysis) is 1. The van der Waals surface area contributed by atoms with Gasteiger partial charge in [-0.15, -0.1) is 0 Å². The van der Waals surface area contributed by atoms with Gasteiger partial charge >= 0.3 is 6.09 Å². The Morgan fingerprint density at radius 2 is 1.42 bits per heavy atom. The molecule has 7 heteroatoms. The molecule has 3 aromatic carbocycles. The molecule has 0 radical (unpaired) electrons. The van der Waals surface area contributed by atoms with Crippen molar-refractivity contribution in [2.45, 2.75) is 45.3 Å². The van der Waals surface area contributed by atoms with Crippen LogP contribution < -0.4 is 10.6 Å². The van der Waals surface area contributed by atoms with E-state index in [2.05, 4.69) is 15.6 Å². The molecule has 1 atom stereocenters. The second-order valence-corrected chi connectivity index (χ2v) is 10.3. The molecule has 38 heavy (non-hydrogen) atoms. The van der Waals surface area contributed by atoms with Crippen LogP contribution in [0.25, 0.3) is 11.3 Å². The van der Waals surface area contributed by atoms with Crippen LogP contribution in [0.5, 0.6) is 0 Å². The predicted octanol–water partition coefficient (Wildman–Crippen LogP) is 6.06. The van der Waals surface area contributed by atoms with Crippen molar-refractivity contribution < 1.29 is 14.3 Å². The maximum Gasteiger partial charge on any atom is 0.408 e. The molecule has 0 unspecified atom stereocenters. The number of aromatic nitrogens is 2. The van der Waals surface area contributed by atoms with Gasteiger partial charge in [-0.05, 0) is 51.0 Å². The largest absolute Gasteiger partial charge is 0.444 e. The van der Waals surface area contributed by atoms with E-state index in [1.54, 1.807) is 27.1 Å². The standard InChI is InChI=1S/C31H34N4O3/c1-21-28(35(5)20-32-21)24-16-18-25(19-17-24)33-29(36)27(34-30(37)38-31(2,3)4)26(22-12-8-6-9-13-22)23-14-10-7-11-15-23/h6-20,26-27H,1-5H3,(H,33,36)(H,34,37)/t27-/m0/s1. The van der Waals surface area contributed by atoms with E-state index < -0.39 is 23.7 Å². The molecule has 0 fully saturated rings. The van der Waals surface area contributed by atoms with Gasteiger partial charge in [0.2, 0.25) is 5.91 Å². The summed E-state index contributed by atoms with van der Waals surface area (Å²) >= 11 is 0. The molecule has 1 aromatic heterocycles. The molecule has 4 aromatic rings. The highest BCUT2D eigenvalue weighted by Crippen LogP contribution is 2.30.